The molecule has 0 spiro atoms. The van der Waals surface area contributed by atoms with Crippen molar-refractivity contribution < 1.29 is 14.3 Å². The predicted molar refractivity (Wildman–Crippen MR) is 167 cm³/mol. The second-order valence-corrected chi connectivity index (χ2v) is 10.3. The van der Waals surface area contributed by atoms with Crippen molar-refractivity contribution in [2.75, 3.05) is 21.7 Å². The largest absolute Gasteiger partial charge is 0.484 e. The third-order valence-corrected chi connectivity index (χ3v) is 7.32. The number of hydrogen-bond donors (Lipinski definition) is 1. The third-order valence-electron chi connectivity index (χ3n) is 7.32. The van der Waals surface area contributed by atoms with Crippen LogP contribution in [-0.2, 0) is 11.3 Å². The molecule has 0 aliphatic carbocycles. The smallest absolute Gasteiger partial charge is 0.262 e. The van der Waals surface area contributed by atoms with E-state index in [0.29, 0.717) is 17.9 Å². The standard InChI is InChI=1S/C36H31N3O3/c1-26-16-20-29(21-17-26)37-34(40)25-42-31-22-18-28(19-23-31)35-38(24-27-10-4-2-5-11-27)33-15-9-8-14-32(33)36(41)39(35)30-12-6-3-7-13-30/h2-23,35H,24-25H2,1H3,(H,37,40)/t35-/m0/s1. The number of ether oxygens (including phenoxy) is 1. The number of fused-ring (bicyclic) bond motifs is 1. The van der Waals surface area contributed by atoms with Crippen LogP contribution in [0.3, 0.4) is 0 Å². The van der Waals surface area contributed by atoms with Crippen LogP contribution in [0.5, 0.6) is 5.75 Å². The molecule has 0 radical (unpaired) electrons. The van der Waals surface area contributed by atoms with E-state index in [-0.39, 0.29) is 18.4 Å². The van der Waals surface area contributed by atoms with E-state index in [1.807, 2.05) is 133 Å². The number of benzene rings is 5. The maximum atomic E-state index is 14.0. The number of para-hydroxylation sites is 2. The number of carbonyl (C=O) groups is 2. The minimum Gasteiger partial charge on any atom is -0.484 e. The van der Waals surface area contributed by atoms with Crippen molar-refractivity contribution in [1.29, 1.82) is 0 Å². The molecule has 5 aromatic carbocycles. The van der Waals surface area contributed by atoms with Crippen LogP contribution in [0.25, 0.3) is 0 Å². The van der Waals surface area contributed by atoms with Crippen LogP contribution in [0.1, 0.15) is 33.2 Å². The Morgan fingerprint density at radius 1 is 0.762 bits per heavy atom. The van der Waals surface area contributed by atoms with Gasteiger partial charge in [-0.3, -0.25) is 14.5 Å². The number of hydrogen-bond acceptors (Lipinski definition) is 4. The number of nitrogens with one attached hydrogen (secondary N) is 1. The summed E-state index contributed by atoms with van der Waals surface area (Å²) in [5.74, 6) is 0.280. The highest BCUT2D eigenvalue weighted by Crippen LogP contribution is 2.42. The van der Waals surface area contributed by atoms with E-state index >= 15 is 0 Å². The molecule has 6 nitrogen and oxygen atoms in total. The van der Waals surface area contributed by atoms with Crippen molar-refractivity contribution in [1.82, 2.24) is 0 Å². The zero-order valence-electron chi connectivity index (χ0n) is 23.3. The van der Waals surface area contributed by atoms with E-state index in [2.05, 4.69) is 22.3 Å². The van der Waals surface area contributed by atoms with Gasteiger partial charge in [0.25, 0.3) is 11.8 Å². The molecule has 42 heavy (non-hydrogen) atoms. The monoisotopic (exact) mass is 553 g/mol. The Kier molecular flexibility index (Phi) is 7.68. The number of aryl methyl sites for hydroxylation is 1. The van der Waals surface area contributed by atoms with Crippen LogP contribution >= 0.6 is 0 Å². The van der Waals surface area contributed by atoms with Crippen LogP contribution in [0.4, 0.5) is 17.1 Å². The maximum Gasteiger partial charge on any atom is 0.262 e. The molecule has 0 saturated carbocycles. The molecule has 208 valence electrons. The molecular weight excluding hydrogens is 522 g/mol. The summed E-state index contributed by atoms with van der Waals surface area (Å²) in [6.07, 6.45) is -0.408. The van der Waals surface area contributed by atoms with Crippen molar-refractivity contribution in [3.63, 3.8) is 0 Å². The van der Waals surface area contributed by atoms with E-state index < -0.39 is 6.17 Å². The first-order valence-corrected chi connectivity index (χ1v) is 13.9. The summed E-state index contributed by atoms with van der Waals surface area (Å²) in [6, 6.07) is 43.1. The van der Waals surface area contributed by atoms with Gasteiger partial charge < -0.3 is 15.0 Å². The quantitative estimate of drug-likeness (QED) is 0.218. The zero-order chi connectivity index (χ0) is 28.9. The number of rotatable bonds is 8. The van der Waals surface area contributed by atoms with Crippen LogP contribution in [0.2, 0.25) is 0 Å². The summed E-state index contributed by atoms with van der Waals surface area (Å²) in [5.41, 5.74) is 6.28. The Labute approximate surface area is 245 Å². The third kappa shape index (κ3) is 5.74. The van der Waals surface area contributed by atoms with Gasteiger partial charge in [-0.05, 0) is 66.6 Å². The highest BCUT2D eigenvalue weighted by molar-refractivity contribution is 6.12. The Balaban J connectivity index is 1.30. The first-order chi connectivity index (χ1) is 20.6. The van der Waals surface area contributed by atoms with E-state index in [1.54, 1.807) is 0 Å². The molecule has 1 atom stereocenters. The van der Waals surface area contributed by atoms with E-state index in [9.17, 15) is 9.59 Å². The average molecular weight is 554 g/mol. The molecule has 0 unspecified atom stereocenters. The SMILES string of the molecule is Cc1ccc(NC(=O)COc2ccc([C@H]3N(Cc4ccccc4)c4ccccc4C(=O)N3c3ccccc3)cc2)cc1. The van der Waals surface area contributed by atoms with Gasteiger partial charge in [-0.1, -0.05) is 90.5 Å². The molecule has 6 heteroatoms. The van der Waals surface area contributed by atoms with Crippen LogP contribution in [-0.4, -0.2) is 18.4 Å². The summed E-state index contributed by atoms with van der Waals surface area (Å²) in [6.45, 7) is 2.50. The van der Waals surface area contributed by atoms with E-state index in [0.717, 1.165) is 33.8 Å². The van der Waals surface area contributed by atoms with Gasteiger partial charge in [0.05, 0.1) is 11.3 Å². The second-order valence-electron chi connectivity index (χ2n) is 10.3. The summed E-state index contributed by atoms with van der Waals surface area (Å²) in [7, 11) is 0. The first-order valence-electron chi connectivity index (χ1n) is 13.9. The Morgan fingerprint density at radius 2 is 1.40 bits per heavy atom. The number of carbonyl (C=O) groups excluding carboxylic acids is 2. The van der Waals surface area contributed by atoms with Crippen LogP contribution in [0.15, 0.2) is 133 Å². The van der Waals surface area contributed by atoms with Crippen LogP contribution < -0.4 is 19.9 Å². The highest BCUT2D eigenvalue weighted by atomic mass is 16.5. The number of anilines is 3. The minimum absolute atomic E-state index is 0.0563. The second kappa shape index (κ2) is 12.0. The Bertz CT molecular complexity index is 1670. The lowest BCUT2D eigenvalue weighted by molar-refractivity contribution is -0.118. The summed E-state index contributed by atoms with van der Waals surface area (Å²) >= 11 is 0. The fourth-order valence-electron chi connectivity index (χ4n) is 5.26. The van der Waals surface area contributed by atoms with Gasteiger partial charge in [-0.2, -0.15) is 0 Å². The van der Waals surface area contributed by atoms with Gasteiger partial charge in [0, 0.05) is 17.9 Å². The molecule has 5 aromatic rings. The maximum absolute atomic E-state index is 14.0. The topological polar surface area (TPSA) is 61.9 Å². The van der Waals surface area contributed by atoms with Gasteiger partial charge in [0.15, 0.2) is 6.61 Å². The molecule has 1 aliphatic rings. The first kappa shape index (κ1) is 26.8. The summed E-state index contributed by atoms with van der Waals surface area (Å²) in [4.78, 5) is 30.6. The van der Waals surface area contributed by atoms with Gasteiger partial charge >= 0.3 is 0 Å². The highest BCUT2D eigenvalue weighted by Gasteiger charge is 2.39. The minimum atomic E-state index is -0.408. The lowest BCUT2D eigenvalue weighted by Gasteiger charge is -2.46. The fourth-order valence-corrected chi connectivity index (χ4v) is 5.26. The average Bonchev–Trinajstić information content (AvgIpc) is 3.03. The molecule has 0 aromatic heterocycles. The molecule has 0 fully saturated rings. The molecule has 0 bridgehead atoms. The Hall–Kier alpha value is -5.36. The normalized spacial score (nSPS) is 14.3. The van der Waals surface area contributed by atoms with Crippen molar-refractivity contribution in [2.24, 2.45) is 0 Å². The Morgan fingerprint density at radius 3 is 2.12 bits per heavy atom. The van der Waals surface area contributed by atoms with E-state index in [1.165, 1.54) is 0 Å². The molecule has 6 rings (SSSR count). The van der Waals surface area contributed by atoms with Gasteiger partial charge in [0.2, 0.25) is 0 Å². The molecular formula is C36H31N3O3. The fraction of sp³-hybridized carbons (Fsp3) is 0.111. The number of nitrogens with zero attached hydrogens (tertiary/aromatic N) is 2. The summed E-state index contributed by atoms with van der Waals surface area (Å²) in [5, 5.41) is 2.85. The summed E-state index contributed by atoms with van der Waals surface area (Å²) < 4.78 is 5.81. The lowest BCUT2D eigenvalue weighted by Crippen LogP contribution is -2.49. The van der Waals surface area contributed by atoms with Gasteiger partial charge in [-0.15, -0.1) is 0 Å². The molecule has 1 aliphatic heterocycles. The van der Waals surface area contributed by atoms with Crippen molar-refractivity contribution in [2.45, 2.75) is 19.6 Å². The molecule has 1 N–H and O–H groups in total. The molecule has 0 saturated heterocycles. The van der Waals surface area contributed by atoms with Crippen LogP contribution in [0, 0.1) is 6.92 Å². The van der Waals surface area contributed by atoms with Crippen molar-refractivity contribution >= 4 is 28.9 Å². The van der Waals surface area contributed by atoms with Crippen molar-refractivity contribution in [3.05, 3.63) is 156 Å². The number of amides is 2. The van der Waals surface area contributed by atoms with E-state index in [4.69, 9.17) is 4.74 Å². The predicted octanol–water partition coefficient (Wildman–Crippen LogP) is 7.38. The molecule has 1 heterocycles. The molecule has 2 amide bonds. The van der Waals surface area contributed by atoms with Crippen molar-refractivity contribution in [3.8, 4) is 5.75 Å². The van der Waals surface area contributed by atoms with Gasteiger partial charge in [0.1, 0.15) is 11.9 Å². The lowest BCUT2D eigenvalue weighted by atomic mass is 9.99. The van der Waals surface area contributed by atoms with Gasteiger partial charge in [-0.25, -0.2) is 0 Å². The zero-order valence-corrected chi connectivity index (χ0v) is 23.3.